The minimum absolute atomic E-state index is 0.434. The fraction of sp³-hybridized carbons (Fsp3) is 0.381. The van der Waals surface area contributed by atoms with Crippen molar-refractivity contribution in [2.75, 3.05) is 24.1 Å². The molecule has 0 spiro atoms. The van der Waals surface area contributed by atoms with E-state index in [9.17, 15) is 8.42 Å². The number of sulfonamides is 1. The molecule has 1 saturated heterocycles. The number of nitrogens with zero attached hydrogens (tertiary/aromatic N) is 5. The Balaban J connectivity index is 1.31. The van der Waals surface area contributed by atoms with Crippen LogP contribution in [-0.2, 0) is 23.1 Å². The lowest BCUT2D eigenvalue weighted by Gasteiger charge is -2.31. The second-order valence-corrected chi connectivity index (χ2v) is 9.57. The molecule has 1 aliphatic heterocycles. The maximum absolute atomic E-state index is 11.5. The lowest BCUT2D eigenvalue weighted by Crippen LogP contribution is -2.32. The summed E-state index contributed by atoms with van der Waals surface area (Å²) in [6, 6.07) is 11.7. The monoisotopic (exact) mass is 426 g/mol. The van der Waals surface area contributed by atoms with Crippen LogP contribution in [0, 0.1) is 0 Å². The number of hydrogen-bond donors (Lipinski definition) is 1. The Kier molecular flexibility index (Phi) is 6.10. The second kappa shape index (κ2) is 8.93. The Morgan fingerprint density at radius 3 is 2.70 bits per heavy atom. The van der Waals surface area contributed by atoms with Crippen molar-refractivity contribution in [1.29, 1.82) is 0 Å². The van der Waals surface area contributed by atoms with Gasteiger partial charge in [-0.3, -0.25) is 14.6 Å². The number of piperidine rings is 1. The Morgan fingerprint density at radius 1 is 1.13 bits per heavy atom. The van der Waals surface area contributed by atoms with Gasteiger partial charge >= 0.3 is 0 Å². The molecule has 0 atom stereocenters. The Hall–Kier alpha value is -2.78. The van der Waals surface area contributed by atoms with Gasteiger partial charge in [0.15, 0.2) is 0 Å². The molecular weight excluding hydrogens is 400 g/mol. The molecule has 0 unspecified atom stereocenters. The van der Waals surface area contributed by atoms with Gasteiger partial charge in [-0.2, -0.15) is 0 Å². The van der Waals surface area contributed by atoms with Crippen molar-refractivity contribution in [3.8, 4) is 0 Å². The number of pyridine rings is 1. The molecule has 1 fully saturated rings. The standard InChI is InChI=1S/C21H26N6O2S/c1-30(28,29)24-20-6-2-5-19(12-20)18-7-10-26(11-8-18)15-21-16-27(25-23-21)14-17-4-3-9-22-13-17/h2-6,9,12-13,16,18,24H,7-8,10-11,14-15H2,1H3. The van der Waals surface area contributed by atoms with Gasteiger partial charge in [0.2, 0.25) is 10.0 Å². The van der Waals surface area contributed by atoms with Crippen LogP contribution in [0.5, 0.6) is 0 Å². The van der Waals surface area contributed by atoms with Crippen LogP contribution in [0.25, 0.3) is 0 Å². The number of benzene rings is 1. The number of nitrogens with one attached hydrogen (secondary N) is 1. The number of rotatable bonds is 7. The highest BCUT2D eigenvalue weighted by Crippen LogP contribution is 2.30. The van der Waals surface area contributed by atoms with Crippen LogP contribution in [0.1, 0.15) is 35.6 Å². The fourth-order valence-electron chi connectivity index (χ4n) is 3.89. The summed E-state index contributed by atoms with van der Waals surface area (Å²) >= 11 is 0. The lowest BCUT2D eigenvalue weighted by molar-refractivity contribution is 0.202. The molecular formula is C21H26N6O2S. The summed E-state index contributed by atoms with van der Waals surface area (Å²) in [5.74, 6) is 0.434. The summed E-state index contributed by atoms with van der Waals surface area (Å²) in [4.78, 5) is 6.53. The zero-order valence-electron chi connectivity index (χ0n) is 17.0. The average molecular weight is 427 g/mol. The minimum atomic E-state index is -3.26. The highest BCUT2D eigenvalue weighted by atomic mass is 32.2. The van der Waals surface area contributed by atoms with Crippen molar-refractivity contribution in [3.63, 3.8) is 0 Å². The average Bonchev–Trinajstić information content (AvgIpc) is 3.15. The van der Waals surface area contributed by atoms with E-state index in [1.807, 2.05) is 41.3 Å². The molecule has 8 nitrogen and oxygen atoms in total. The van der Waals surface area contributed by atoms with E-state index in [0.29, 0.717) is 18.2 Å². The third kappa shape index (κ3) is 5.64. The normalized spacial score (nSPS) is 15.9. The first kappa shape index (κ1) is 20.5. The number of anilines is 1. The van der Waals surface area contributed by atoms with E-state index in [-0.39, 0.29) is 0 Å². The molecule has 2 aromatic heterocycles. The molecule has 9 heteroatoms. The summed E-state index contributed by atoms with van der Waals surface area (Å²) in [6.07, 6.45) is 8.84. The maximum atomic E-state index is 11.5. The predicted molar refractivity (Wildman–Crippen MR) is 116 cm³/mol. The third-order valence-electron chi connectivity index (χ3n) is 5.29. The van der Waals surface area contributed by atoms with Crippen molar-refractivity contribution >= 4 is 15.7 Å². The minimum Gasteiger partial charge on any atom is -0.297 e. The molecule has 0 saturated carbocycles. The molecule has 3 heterocycles. The molecule has 3 aromatic rings. The van der Waals surface area contributed by atoms with E-state index in [1.54, 1.807) is 12.3 Å². The molecule has 0 amide bonds. The van der Waals surface area contributed by atoms with Crippen molar-refractivity contribution in [1.82, 2.24) is 24.9 Å². The molecule has 4 rings (SSSR count). The van der Waals surface area contributed by atoms with Crippen LogP contribution >= 0.6 is 0 Å². The number of likely N-dealkylation sites (tertiary alicyclic amines) is 1. The summed E-state index contributed by atoms with van der Waals surface area (Å²) in [5.41, 5.74) is 3.88. The molecule has 30 heavy (non-hydrogen) atoms. The molecule has 1 N–H and O–H groups in total. The molecule has 0 radical (unpaired) electrons. The van der Waals surface area contributed by atoms with Gasteiger partial charge in [-0.1, -0.05) is 23.4 Å². The van der Waals surface area contributed by atoms with Crippen molar-refractivity contribution < 1.29 is 8.42 Å². The molecule has 158 valence electrons. The van der Waals surface area contributed by atoms with Crippen LogP contribution in [0.3, 0.4) is 0 Å². The highest BCUT2D eigenvalue weighted by molar-refractivity contribution is 7.92. The number of aromatic nitrogens is 4. The van der Waals surface area contributed by atoms with E-state index in [2.05, 4.69) is 31.0 Å². The van der Waals surface area contributed by atoms with Gasteiger partial charge in [0.25, 0.3) is 0 Å². The van der Waals surface area contributed by atoms with Crippen LogP contribution in [-0.4, -0.2) is 52.6 Å². The Morgan fingerprint density at radius 2 is 1.97 bits per heavy atom. The SMILES string of the molecule is CS(=O)(=O)Nc1cccc(C2CCN(Cc3cn(Cc4cccnc4)nn3)CC2)c1. The third-order valence-corrected chi connectivity index (χ3v) is 5.89. The maximum Gasteiger partial charge on any atom is 0.229 e. The van der Waals surface area contributed by atoms with Crippen LogP contribution in [0.2, 0.25) is 0 Å². The second-order valence-electron chi connectivity index (χ2n) is 7.82. The van der Waals surface area contributed by atoms with E-state index in [1.165, 1.54) is 11.8 Å². The predicted octanol–water partition coefficient (Wildman–Crippen LogP) is 2.47. The smallest absolute Gasteiger partial charge is 0.229 e. The first-order valence-corrected chi connectivity index (χ1v) is 11.9. The van der Waals surface area contributed by atoms with Crippen molar-refractivity contribution in [3.05, 3.63) is 71.8 Å². The zero-order valence-corrected chi connectivity index (χ0v) is 17.8. The van der Waals surface area contributed by atoms with Gasteiger partial charge in [-0.25, -0.2) is 13.1 Å². The molecule has 1 aliphatic rings. The first-order chi connectivity index (χ1) is 14.4. The number of hydrogen-bond acceptors (Lipinski definition) is 6. The van der Waals surface area contributed by atoms with E-state index in [0.717, 1.165) is 43.7 Å². The Bertz CT molecular complexity index is 1080. The van der Waals surface area contributed by atoms with E-state index >= 15 is 0 Å². The fourth-order valence-corrected chi connectivity index (χ4v) is 4.45. The van der Waals surface area contributed by atoms with Crippen molar-refractivity contribution in [2.24, 2.45) is 0 Å². The van der Waals surface area contributed by atoms with Crippen LogP contribution in [0.15, 0.2) is 55.0 Å². The van der Waals surface area contributed by atoms with E-state index < -0.39 is 10.0 Å². The van der Waals surface area contributed by atoms with Crippen LogP contribution in [0.4, 0.5) is 5.69 Å². The zero-order chi connectivity index (χ0) is 21.0. The van der Waals surface area contributed by atoms with Gasteiger partial charge in [0, 0.05) is 24.6 Å². The highest BCUT2D eigenvalue weighted by Gasteiger charge is 2.21. The molecule has 0 bridgehead atoms. The van der Waals surface area contributed by atoms with Crippen molar-refractivity contribution in [2.45, 2.75) is 31.8 Å². The topological polar surface area (TPSA) is 93.0 Å². The van der Waals surface area contributed by atoms with E-state index in [4.69, 9.17) is 0 Å². The van der Waals surface area contributed by atoms with Gasteiger partial charge in [-0.05, 0) is 61.2 Å². The van der Waals surface area contributed by atoms with Crippen LogP contribution < -0.4 is 4.72 Å². The largest absolute Gasteiger partial charge is 0.297 e. The van der Waals surface area contributed by atoms with Gasteiger partial charge < -0.3 is 0 Å². The van der Waals surface area contributed by atoms with Gasteiger partial charge in [-0.15, -0.1) is 5.10 Å². The molecule has 1 aromatic carbocycles. The summed E-state index contributed by atoms with van der Waals surface area (Å²) in [5, 5.41) is 8.55. The molecule has 0 aliphatic carbocycles. The quantitative estimate of drug-likeness (QED) is 0.624. The lowest BCUT2D eigenvalue weighted by atomic mass is 9.89. The summed E-state index contributed by atoms with van der Waals surface area (Å²) in [6.45, 7) is 3.41. The Labute approximate surface area is 177 Å². The van der Waals surface area contributed by atoms with Gasteiger partial charge in [0.05, 0.1) is 24.7 Å². The van der Waals surface area contributed by atoms with Gasteiger partial charge in [0.1, 0.15) is 0 Å². The summed E-state index contributed by atoms with van der Waals surface area (Å²) in [7, 11) is -3.26. The summed E-state index contributed by atoms with van der Waals surface area (Å²) < 4.78 is 27.4. The first-order valence-electron chi connectivity index (χ1n) is 10.0.